The number of aromatic nitrogens is 2. The first-order valence-electron chi connectivity index (χ1n) is 8.57. The number of hydrogen-bond donors (Lipinski definition) is 2. The molecule has 1 amide bonds. The van der Waals surface area contributed by atoms with Gasteiger partial charge in [0, 0.05) is 23.4 Å². The van der Waals surface area contributed by atoms with Gasteiger partial charge in [0.05, 0.1) is 11.6 Å². The molecule has 0 aliphatic rings. The second kappa shape index (κ2) is 8.11. The highest BCUT2D eigenvalue weighted by molar-refractivity contribution is 6.03. The van der Waals surface area contributed by atoms with Gasteiger partial charge in [-0.15, -0.1) is 0 Å². The zero-order valence-electron chi connectivity index (χ0n) is 15.1. The highest BCUT2D eigenvalue weighted by Crippen LogP contribution is 2.19. The van der Waals surface area contributed by atoms with Crippen LogP contribution in [0.4, 0.5) is 11.5 Å². The first-order valence-corrected chi connectivity index (χ1v) is 8.57. The van der Waals surface area contributed by atoms with Crippen LogP contribution < -0.4 is 10.6 Å². The summed E-state index contributed by atoms with van der Waals surface area (Å²) in [6.45, 7) is 4.00. The quantitative estimate of drug-likeness (QED) is 0.718. The number of anilines is 2. The summed E-state index contributed by atoms with van der Waals surface area (Å²) in [4.78, 5) is 21.6. The van der Waals surface area contributed by atoms with Gasteiger partial charge in [0.2, 0.25) is 0 Å². The minimum absolute atomic E-state index is 0.165. The van der Waals surface area contributed by atoms with Crippen LogP contribution in [0, 0.1) is 11.3 Å². The van der Waals surface area contributed by atoms with Gasteiger partial charge in [-0.05, 0) is 38.1 Å². The molecule has 2 N–H and O–H groups in total. The second-order valence-corrected chi connectivity index (χ2v) is 6.27. The molecule has 1 aromatic heterocycles. The van der Waals surface area contributed by atoms with Crippen molar-refractivity contribution in [1.29, 1.82) is 5.26 Å². The molecular formula is C21H19N5O. The maximum absolute atomic E-state index is 12.7. The minimum Gasteiger partial charge on any atom is -0.368 e. The molecule has 134 valence electrons. The molecule has 6 heteroatoms. The van der Waals surface area contributed by atoms with E-state index in [1.54, 1.807) is 30.3 Å². The zero-order valence-corrected chi connectivity index (χ0v) is 15.1. The molecule has 0 fully saturated rings. The molecule has 1 heterocycles. The predicted molar refractivity (Wildman–Crippen MR) is 105 cm³/mol. The number of benzene rings is 2. The van der Waals surface area contributed by atoms with Crippen molar-refractivity contribution in [1.82, 2.24) is 9.97 Å². The van der Waals surface area contributed by atoms with Crippen molar-refractivity contribution in [2.75, 3.05) is 10.6 Å². The molecule has 27 heavy (non-hydrogen) atoms. The number of hydrogen-bond acceptors (Lipinski definition) is 5. The number of rotatable bonds is 5. The first-order chi connectivity index (χ1) is 13.0. The van der Waals surface area contributed by atoms with Crippen LogP contribution in [0.2, 0.25) is 0 Å². The molecule has 3 aromatic rings. The summed E-state index contributed by atoms with van der Waals surface area (Å²) in [6, 6.07) is 20.0. The summed E-state index contributed by atoms with van der Waals surface area (Å²) in [5.41, 5.74) is 2.22. The van der Waals surface area contributed by atoms with Gasteiger partial charge in [0.1, 0.15) is 11.5 Å². The Hall–Kier alpha value is -3.72. The van der Waals surface area contributed by atoms with Crippen molar-refractivity contribution in [2.24, 2.45) is 0 Å². The van der Waals surface area contributed by atoms with Gasteiger partial charge < -0.3 is 10.6 Å². The van der Waals surface area contributed by atoms with E-state index < -0.39 is 0 Å². The highest BCUT2D eigenvalue weighted by Gasteiger charge is 2.14. The number of nitrogens with zero attached hydrogens (tertiary/aromatic N) is 3. The molecule has 0 unspecified atom stereocenters. The molecule has 3 rings (SSSR count). The molecule has 0 aliphatic carbocycles. The predicted octanol–water partition coefficient (Wildman–Crippen LogP) is 4.09. The zero-order chi connectivity index (χ0) is 19.2. The maximum atomic E-state index is 12.7. The van der Waals surface area contributed by atoms with Crippen LogP contribution in [0.3, 0.4) is 0 Å². The van der Waals surface area contributed by atoms with Gasteiger partial charge in [-0.2, -0.15) is 5.26 Å². The second-order valence-electron chi connectivity index (χ2n) is 6.27. The van der Waals surface area contributed by atoms with Crippen LogP contribution in [0.5, 0.6) is 0 Å². The fourth-order valence-corrected chi connectivity index (χ4v) is 2.47. The summed E-state index contributed by atoms with van der Waals surface area (Å²) in [5.74, 6) is 0.723. The lowest BCUT2D eigenvalue weighted by Crippen LogP contribution is -2.17. The normalized spacial score (nSPS) is 10.3. The Morgan fingerprint density at radius 1 is 1.04 bits per heavy atom. The largest absolute Gasteiger partial charge is 0.368 e. The number of nitrogens with one attached hydrogen (secondary N) is 2. The van der Waals surface area contributed by atoms with Crippen LogP contribution in [0.1, 0.15) is 29.9 Å². The monoisotopic (exact) mass is 357 g/mol. The molecular weight excluding hydrogens is 338 g/mol. The Kier molecular flexibility index (Phi) is 5.43. The Bertz CT molecular complexity index is 976. The lowest BCUT2D eigenvalue weighted by Gasteiger charge is -2.12. The molecule has 0 saturated heterocycles. The van der Waals surface area contributed by atoms with Crippen LogP contribution in [-0.4, -0.2) is 21.9 Å². The van der Waals surface area contributed by atoms with E-state index in [1.807, 2.05) is 50.2 Å². The average Bonchev–Trinajstić information content (AvgIpc) is 2.68. The SMILES string of the molecule is CC(C)Nc1cc(C(=O)Nc2ccc(C#N)cc2)nc(-c2ccccc2)n1. The van der Waals surface area contributed by atoms with E-state index in [0.717, 1.165) is 5.56 Å². The topological polar surface area (TPSA) is 90.7 Å². The average molecular weight is 357 g/mol. The van der Waals surface area contributed by atoms with Crippen molar-refractivity contribution in [2.45, 2.75) is 19.9 Å². The molecule has 0 atom stereocenters. The van der Waals surface area contributed by atoms with Gasteiger partial charge in [0.15, 0.2) is 5.82 Å². The molecule has 0 spiro atoms. The molecule has 2 aromatic carbocycles. The highest BCUT2D eigenvalue weighted by atomic mass is 16.1. The van der Waals surface area contributed by atoms with Crippen LogP contribution in [0.25, 0.3) is 11.4 Å². The third kappa shape index (κ3) is 4.67. The van der Waals surface area contributed by atoms with Gasteiger partial charge >= 0.3 is 0 Å². The summed E-state index contributed by atoms with van der Waals surface area (Å²) < 4.78 is 0. The van der Waals surface area contributed by atoms with Crippen LogP contribution in [0.15, 0.2) is 60.7 Å². The Labute approximate surface area is 157 Å². The third-order valence-corrected chi connectivity index (χ3v) is 3.70. The lowest BCUT2D eigenvalue weighted by molar-refractivity contribution is 0.102. The fraction of sp³-hybridized carbons (Fsp3) is 0.143. The van der Waals surface area contributed by atoms with Gasteiger partial charge in [0.25, 0.3) is 5.91 Å². The number of carbonyl (C=O) groups is 1. The summed E-state index contributed by atoms with van der Waals surface area (Å²) >= 11 is 0. The molecule has 0 bridgehead atoms. The Morgan fingerprint density at radius 2 is 1.74 bits per heavy atom. The Balaban J connectivity index is 1.92. The van der Waals surface area contributed by atoms with Crippen molar-refractivity contribution < 1.29 is 4.79 Å². The van der Waals surface area contributed by atoms with Crippen LogP contribution >= 0.6 is 0 Å². The Morgan fingerprint density at radius 3 is 2.37 bits per heavy atom. The van der Waals surface area contributed by atoms with Crippen molar-refractivity contribution >= 4 is 17.4 Å². The van der Waals surface area contributed by atoms with E-state index in [4.69, 9.17) is 5.26 Å². The molecule has 6 nitrogen and oxygen atoms in total. The lowest BCUT2D eigenvalue weighted by atomic mass is 10.2. The molecule has 0 saturated carbocycles. The maximum Gasteiger partial charge on any atom is 0.274 e. The van der Waals surface area contributed by atoms with Crippen molar-refractivity contribution in [3.05, 3.63) is 71.9 Å². The van der Waals surface area contributed by atoms with E-state index in [0.29, 0.717) is 22.9 Å². The van der Waals surface area contributed by atoms with Crippen molar-refractivity contribution in [3.63, 3.8) is 0 Å². The molecule has 0 radical (unpaired) electrons. The first kappa shape index (κ1) is 18.1. The number of carbonyl (C=O) groups excluding carboxylic acids is 1. The van der Waals surface area contributed by atoms with E-state index in [-0.39, 0.29) is 17.6 Å². The fourth-order valence-electron chi connectivity index (χ4n) is 2.47. The van der Waals surface area contributed by atoms with Crippen molar-refractivity contribution in [3.8, 4) is 17.5 Å². The summed E-state index contributed by atoms with van der Waals surface area (Å²) in [5, 5.41) is 14.9. The van der Waals surface area contributed by atoms with Gasteiger partial charge in [-0.3, -0.25) is 4.79 Å². The van der Waals surface area contributed by atoms with E-state index in [9.17, 15) is 4.79 Å². The van der Waals surface area contributed by atoms with E-state index in [2.05, 4.69) is 20.6 Å². The van der Waals surface area contributed by atoms with Gasteiger partial charge in [-0.1, -0.05) is 30.3 Å². The third-order valence-electron chi connectivity index (χ3n) is 3.70. The van der Waals surface area contributed by atoms with E-state index in [1.165, 1.54) is 0 Å². The van der Waals surface area contributed by atoms with E-state index >= 15 is 0 Å². The minimum atomic E-state index is -0.342. The molecule has 0 aliphatic heterocycles. The van der Waals surface area contributed by atoms with Gasteiger partial charge in [-0.25, -0.2) is 9.97 Å². The summed E-state index contributed by atoms with van der Waals surface area (Å²) in [6.07, 6.45) is 0. The number of amides is 1. The summed E-state index contributed by atoms with van der Waals surface area (Å²) in [7, 11) is 0. The van der Waals surface area contributed by atoms with Crippen LogP contribution in [-0.2, 0) is 0 Å². The smallest absolute Gasteiger partial charge is 0.274 e. The number of nitriles is 1. The standard InChI is InChI=1S/C21H19N5O/c1-14(2)23-19-12-18(25-20(26-19)16-6-4-3-5-7-16)21(27)24-17-10-8-15(13-22)9-11-17/h3-12,14H,1-2H3,(H,24,27)(H,23,25,26).